The van der Waals surface area contributed by atoms with E-state index < -0.39 is 0 Å². The fourth-order valence-corrected chi connectivity index (χ4v) is 2.31. The summed E-state index contributed by atoms with van der Waals surface area (Å²) in [6, 6.07) is -0.227. The molecule has 0 saturated heterocycles. The molecular weight excluding hydrogens is 190 g/mol. The van der Waals surface area contributed by atoms with Gasteiger partial charge in [0, 0.05) is 0 Å². The minimum absolute atomic E-state index is 0.00895. The summed E-state index contributed by atoms with van der Waals surface area (Å²) >= 11 is 0. The number of carbonyl (C=O) groups is 1. The Bertz CT molecular complexity index is 283. The van der Waals surface area contributed by atoms with Gasteiger partial charge in [0.25, 0.3) is 0 Å². The second-order valence-electron chi connectivity index (χ2n) is 4.94. The maximum Gasteiger partial charge on any atom is 0.331 e. The van der Waals surface area contributed by atoms with Crippen molar-refractivity contribution in [1.29, 1.82) is 0 Å². The highest BCUT2D eigenvalue weighted by molar-refractivity contribution is 5.96. The number of hydrogen-bond donors (Lipinski definition) is 0. The van der Waals surface area contributed by atoms with E-state index in [2.05, 4.69) is 18.8 Å². The predicted molar refractivity (Wildman–Crippen MR) is 59.0 cm³/mol. The molecule has 0 spiro atoms. The Kier molecular flexibility index (Phi) is 3.08. The molecule has 2 aliphatic rings. The van der Waals surface area contributed by atoms with E-state index in [1.165, 1.54) is 6.42 Å². The molecule has 1 aliphatic heterocycles. The van der Waals surface area contributed by atoms with Crippen LogP contribution < -0.4 is 0 Å². The average Bonchev–Trinajstić information content (AvgIpc) is 2.18. The molecule has 0 N–H and O–H groups in total. The highest BCUT2D eigenvalue weighted by atomic mass is 16.5. The number of aliphatic imine (C=N–C) groups is 1. The van der Waals surface area contributed by atoms with Gasteiger partial charge >= 0.3 is 5.97 Å². The summed E-state index contributed by atoms with van der Waals surface area (Å²) in [5.41, 5.74) is 1.13. The van der Waals surface area contributed by atoms with Gasteiger partial charge in [0.2, 0.25) is 0 Å². The number of rotatable bonds is 2. The summed E-state index contributed by atoms with van der Waals surface area (Å²) in [6.45, 7) is 4.22. The zero-order valence-corrected chi connectivity index (χ0v) is 9.53. The fourth-order valence-electron chi connectivity index (χ4n) is 2.31. The molecule has 0 unspecified atom stereocenters. The lowest BCUT2D eigenvalue weighted by molar-refractivity contribution is -0.149. The predicted octanol–water partition coefficient (Wildman–Crippen LogP) is 2.34. The minimum Gasteiger partial charge on any atom is -0.455 e. The van der Waals surface area contributed by atoms with E-state index in [1.54, 1.807) is 0 Å². The lowest BCUT2D eigenvalue weighted by atomic mass is 9.93. The molecule has 0 bridgehead atoms. The van der Waals surface area contributed by atoms with Crippen LogP contribution in [0.5, 0.6) is 0 Å². The standard InChI is InChI=1S/C12H19NO2/c1-8(2)7-10-12(14)15-11-6-4-3-5-9(11)13-10/h8,10-11H,3-7H2,1-2H3/t10-,11+/m0/s1. The smallest absolute Gasteiger partial charge is 0.331 e. The summed E-state index contributed by atoms with van der Waals surface area (Å²) < 4.78 is 5.43. The molecule has 2 rings (SSSR count). The lowest BCUT2D eigenvalue weighted by Crippen LogP contribution is -2.40. The third-order valence-electron chi connectivity index (χ3n) is 3.07. The van der Waals surface area contributed by atoms with Crippen molar-refractivity contribution in [2.24, 2.45) is 10.9 Å². The first kappa shape index (κ1) is 10.7. The normalized spacial score (nSPS) is 30.9. The topological polar surface area (TPSA) is 38.7 Å². The van der Waals surface area contributed by atoms with E-state index >= 15 is 0 Å². The van der Waals surface area contributed by atoms with Crippen LogP contribution >= 0.6 is 0 Å². The van der Waals surface area contributed by atoms with Crippen LogP contribution in [-0.2, 0) is 9.53 Å². The minimum atomic E-state index is -0.227. The highest BCUT2D eigenvalue weighted by Gasteiger charge is 2.33. The van der Waals surface area contributed by atoms with Crippen molar-refractivity contribution in [3.05, 3.63) is 0 Å². The molecule has 0 aromatic carbocycles. The molecule has 1 fully saturated rings. The zero-order chi connectivity index (χ0) is 10.8. The van der Waals surface area contributed by atoms with Crippen LogP contribution in [0.15, 0.2) is 4.99 Å². The fraction of sp³-hybridized carbons (Fsp3) is 0.833. The molecule has 15 heavy (non-hydrogen) atoms. The van der Waals surface area contributed by atoms with Gasteiger partial charge in [-0.25, -0.2) is 4.79 Å². The molecule has 1 saturated carbocycles. The van der Waals surface area contributed by atoms with Crippen LogP contribution in [0.3, 0.4) is 0 Å². The lowest BCUT2D eigenvalue weighted by Gasteiger charge is -2.31. The van der Waals surface area contributed by atoms with Crippen molar-refractivity contribution >= 4 is 11.7 Å². The van der Waals surface area contributed by atoms with Crippen LogP contribution in [0.1, 0.15) is 46.0 Å². The van der Waals surface area contributed by atoms with Gasteiger partial charge in [0.15, 0.2) is 0 Å². The molecule has 0 aromatic heterocycles. The first-order valence-corrected chi connectivity index (χ1v) is 5.94. The van der Waals surface area contributed by atoms with Crippen molar-refractivity contribution in [2.75, 3.05) is 0 Å². The Balaban J connectivity index is 2.09. The van der Waals surface area contributed by atoms with Crippen molar-refractivity contribution < 1.29 is 9.53 Å². The van der Waals surface area contributed by atoms with E-state index in [4.69, 9.17) is 4.74 Å². The average molecular weight is 209 g/mol. The van der Waals surface area contributed by atoms with Gasteiger partial charge in [-0.3, -0.25) is 4.99 Å². The Hall–Kier alpha value is -0.860. The maximum atomic E-state index is 11.7. The third-order valence-corrected chi connectivity index (χ3v) is 3.07. The number of fused-ring (bicyclic) bond motifs is 1. The molecule has 0 radical (unpaired) electrons. The zero-order valence-electron chi connectivity index (χ0n) is 9.53. The van der Waals surface area contributed by atoms with Crippen LogP contribution in [0, 0.1) is 5.92 Å². The molecule has 1 heterocycles. The summed E-state index contributed by atoms with van der Waals surface area (Å²) in [5, 5.41) is 0. The summed E-state index contributed by atoms with van der Waals surface area (Å²) in [6.07, 6.45) is 5.17. The second-order valence-corrected chi connectivity index (χ2v) is 4.94. The van der Waals surface area contributed by atoms with Crippen molar-refractivity contribution in [1.82, 2.24) is 0 Å². The van der Waals surface area contributed by atoms with Crippen molar-refractivity contribution in [3.63, 3.8) is 0 Å². The first-order chi connectivity index (χ1) is 7.16. The van der Waals surface area contributed by atoms with Gasteiger partial charge < -0.3 is 4.74 Å². The molecular formula is C12H19NO2. The largest absolute Gasteiger partial charge is 0.455 e. The highest BCUT2D eigenvalue weighted by Crippen LogP contribution is 2.25. The molecule has 0 aromatic rings. The summed E-state index contributed by atoms with van der Waals surface area (Å²) in [5.74, 6) is 0.381. The van der Waals surface area contributed by atoms with E-state index in [9.17, 15) is 4.79 Å². The van der Waals surface area contributed by atoms with Gasteiger partial charge in [-0.2, -0.15) is 0 Å². The quantitative estimate of drug-likeness (QED) is 0.655. The van der Waals surface area contributed by atoms with E-state index in [0.29, 0.717) is 5.92 Å². The number of ether oxygens (including phenoxy) is 1. The maximum absolute atomic E-state index is 11.7. The monoisotopic (exact) mass is 209 g/mol. The molecule has 84 valence electrons. The molecule has 0 amide bonds. The molecule has 3 nitrogen and oxygen atoms in total. The number of hydrogen-bond acceptors (Lipinski definition) is 3. The van der Waals surface area contributed by atoms with Crippen LogP contribution in [0.25, 0.3) is 0 Å². The first-order valence-electron chi connectivity index (χ1n) is 5.94. The summed E-state index contributed by atoms with van der Waals surface area (Å²) in [7, 11) is 0. The van der Waals surface area contributed by atoms with E-state index in [1.807, 2.05) is 0 Å². The molecule has 3 heteroatoms. The Labute approximate surface area is 90.9 Å². The number of carbonyl (C=O) groups excluding carboxylic acids is 1. The van der Waals surface area contributed by atoms with Crippen LogP contribution in [0.4, 0.5) is 0 Å². The van der Waals surface area contributed by atoms with E-state index in [0.717, 1.165) is 31.4 Å². The van der Waals surface area contributed by atoms with Gasteiger partial charge in [-0.05, 0) is 38.0 Å². The van der Waals surface area contributed by atoms with E-state index in [-0.39, 0.29) is 18.1 Å². The van der Waals surface area contributed by atoms with Crippen molar-refractivity contribution in [3.8, 4) is 0 Å². The number of nitrogens with zero attached hydrogens (tertiary/aromatic N) is 1. The van der Waals surface area contributed by atoms with Gasteiger partial charge in [-0.1, -0.05) is 13.8 Å². The Morgan fingerprint density at radius 3 is 3.00 bits per heavy atom. The Morgan fingerprint density at radius 1 is 1.47 bits per heavy atom. The van der Waals surface area contributed by atoms with Crippen molar-refractivity contribution in [2.45, 2.75) is 58.1 Å². The Morgan fingerprint density at radius 2 is 2.27 bits per heavy atom. The van der Waals surface area contributed by atoms with Crippen LogP contribution in [0.2, 0.25) is 0 Å². The SMILES string of the molecule is CC(C)C[C@@H]1N=C2CCCC[C@H]2OC1=O. The molecule has 2 atom stereocenters. The second kappa shape index (κ2) is 4.33. The van der Waals surface area contributed by atoms with Crippen LogP contribution in [-0.4, -0.2) is 23.8 Å². The third kappa shape index (κ3) is 2.39. The molecule has 1 aliphatic carbocycles. The van der Waals surface area contributed by atoms with Gasteiger partial charge in [-0.15, -0.1) is 0 Å². The number of esters is 1. The summed E-state index contributed by atoms with van der Waals surface area (Å²) in [4.78, 5) is 16.2. The van der Waals surface area contributed by atoms with Gasteiger partial charge in [0.05, 0.1) is 5.71 Å². The van der Waals surface area contributed by atoms with Gasteiger partial charge in [0.1, 0.15) is 12.1 Å².